The third-order valence-electron chi connectivity index (χ3n) is 3.02. The minimum absolute atomic E-state index is 0.0457. The van der Waals surface area contributed by atoms with Gasteiger partial charge in [-0.25, -0.2) is 13.8 Å². The zero-order chi connectivity index (χ0) is 14.2. The van der Waals surface area contributed by atoms with Crippen LogP contribution in [0.5, 0.6) is 0 Å². The number of halogens is 2. The highest BCUT2D eigenvalue weighted by Crippen LogP contribution is 2.33. The summed E-state index contributed by atoms with van der Waals surface area (Å²) in [6.07, 6.45) is 0. The number of anilines is 1. The van der Waals surface area contributed by atoms with Crippen molar-refractivity contribution in [2.24, 2.45) is 0 Å². The molecule has 2 aromatic rings. The predicted octanol–water partition coefficient (Wildman–Crippen LogP) is 3.10. The third kappa shape index (κ3) is 2.13. The second-order valence-electron chi connectivity index (χ2n) is 4.19. The van der Waals surface area contributed by atoms with Crippen LogP contribution in [0.15, 0.2) is 18.2 Å². The molecule has 19 heavy (non-hydrogen) atoms. The van der Waals surface area contributed by atoms with Gasteiger partial charge < -0.3 is 5.73 Å². The molecular formula is C14H11F2N3. The van der Waals surface area contributed by atoms with E-state index in [1.165, 1.54) is 6.07 Å². The number of nitrogen functional groups attached to an aromatic ring is 1. The van der Waals surface area contributed by atoms with Crippen molar-refractivity contribution in [3.05, 3.63) is 46.7 Å². The van der Waals surface area contributed by atoms with Gasteiger partial charge in [0.1, 0.15) is 29.1 Å². The van der Waals surface area contributed by atoms with Crippen LogP contribution in [0.3, 0.4) is 0 Å². The molecule has 3 nitrogen and oxygen atoms in total. The number of nitrogens with two attached hydrogens (primary N) is 1. The van der Waals surface area contributed by atoms with E-state index in [0.29, 0.717) is 16.8 Å². The van der Waals surface area contributed by atoms with Gasteiger partial charge in [-0.1, -0.05) is 0 Å². The number of nitrogens with zero attached hydrogens (tertiary/aromatic N) is 2. The number of rotatable bonds is 1. The minimum atomic E-state index is -0.732. The molecule has 0 aliphatic rings. The highest BCUT2D eigenvalue weighted by atomic mass is 19.1. The Morgan fingerprint density at radius 2 is 1.95 bits per heavy atom. The number of hydrogen-bond acceptors (Lipinski definition) is 3. The molecule has 0 aliphatic carbocycles. The first-order valence-electron chi connectivity index (χ1n) is 5.58. The molecular weight excluding hydrogens is 248 g/mol. The average Bonchev–Trinajstić information content (AvgIpc) is 2.34. The zero-order valence-corrected chi connectivity index (χ0v) is 10.5. The van der Waals surface area contributed by atoms with E-state index >= 15 is 0 Å². The first kappa shape index (κ1) is 13.0. The number of aromatic nitrogens is 1. The third-order valence-corrected chi connectivity index (χ3v) is 3.02. The Labute approximate surface area is 109 Å². The van der Waals surface area contributed by atoms with E-state index in [0.717, 1.165) is 12.1 Å². The predicted molar refractivity (Wildman–Crippen MR) is 68.2 cm³/mol. The lowest BCUT2D eigenvalue weighted by molar-refractivity contribution is 0.585. The Kier molecular flexibility index (Phi) is 3.17. The monoisotopic (exact) mass is 259 g/mol. The Bertz CT molecular complexity index is 703. The van der Waals surface area contributed by atoms with Crippen LogP contribution < -0.4 is 5.73 Å². The zero-order valence-electron chi connectivity index (χ0n) is 10.5. The fraction of sp³-hybridized carbons (Fsp3) is 0.143. The van der Waals surface area contributed by atoms with Crippen molar-refractivity contribution < 1.29 is 8.78 Å². The standard InChI is InChI=1S/C14H11F2N3/c1-7-8(2)19-14(18)11(6-17)13(7)10-4-3-9(15)5-12(10)16/h3-5H,1-2H3,(H2,18,19). The normalized spacial score (nSPS) is 10.3. The molecule has 2 rings (SSSR count). The van der Waals surface area contributed by atoms with Gasteiger partial charge in [0.15, 0.2) is 0 Å². The average molecular weight is 259 g/mol. The summed E-state index contributed by atoms with van der Waals surface area (Å²) in [4.78, 5) is 4.04. The van der Waals surface area contributed by atoms with E-state index < -0.39 is 11.6 Å². The van der Waals surface area contributed by atoms with Crippen LogP contribution in [0, 0.1) is 36.8 Å². The lowest BCUT2D eigenvalue weighted by Crippen LogP contribution is -2.04. The van der Waals surface area contributed by atoms with Crippen molar-refractivity contribution in [3.8, 4) is 17.2 Å². The van der Waals surface area contributed by atoms with Crippen molar-refractivity contribution >= 4 is 5.82 Å². The van der Waals surface area contributed by atoms with Gasteiger partial charge in [-0.15, -0.1) is 0 Å². The fourth-order valence-electron chi connectivity index (χ4n) is 1.96. The molecule has 0 radical (unpaired) electrons. The largest absolute Gasteiger partial charge is 0.383 e. The SMILES string of the molecule is Cc1nc(N)c(C#N)c(-c2ccc(F)cc2F)c1C. The summed E-state index contributed by atoms with van der Waals surface area (Å²) in [7, 11) is 0. The van der Waals surface area contributed by atoms with Gasteiger partial charge in [0.05, 0.1) is 0 Å². The lowest BCUT2D eigenvalue weighted by atomic mass is 9.95. The Hall–Kier alpha value is -2.48. The summed E-state index contributed by atoms with van der Waals surface area (Å²) in [6.45, 7) is 3.44. The van der Waals surface area contributed by atoms with Crippen molar-refractivity contribution in [2.75, 3.05) is 5.73 Å². The first-order valence-corrected chi connectivity index (χ1v) is 5.58. The van der Waals surface area contributed by atoms with Crippen LogP contribution in [0.4, 0.5) is 14.6 Å². The van der Waals surface area contributed by atoms with Crippen molar-refractivity contribution in [1.29, 1.82) is 5.26 Å². The summed E-state index contributed by atoms with van der Waals surface area (Å²) in [5, 5.41) is 9.15. The summed E-state index contributed by atoms with van der Waals surface area (Å²) >= 11 is 0. The smallest absolute Gasteiger partial charge is 0.142 e. The number of pyridine rings is 1. The Morgan fingerprint density at radius 3 is 2.53 bits per heavy atom. The maximum Gasteiger partial charge on any atom is 0.142 e. The second kappa shape index (κ2) is 4.65. The van der Waals surface area contributed by atoms with Gasteiger partial charge in [-0.3, -0.25) is 0 Å². The quantitative estimate of drug-likeness (QED) is 0.855. The van der Waals surface area contributed by atoms with Crippen LogP contribution in [-0.4, -0.2) is 4.98 Å². The van der Waals surface area contributed by atoms with E-state index in [1.807, 2.05) is 6.07 Å². The highest BCUT2D eigenvalue weighted by Gasteiger charge is 2.18. The molecule has 1 heterocycles. The molecule has 2 N–H and O–H groups in total. The summed E-state index contributed by atoms with van der Waals surface area (Å²) in [5.41, 5.74) is 7.56. The molecule has 1 aromatic heterocycles. The number of benzene rings is 1. The van der Waals surface area contributed by atoms with Gasteiger partial charge in [0.2, 0.25) is 0 Å². The van der Waals surface area contributed by atoms with Crippen molar-refractivity contribution in [3.63, 3.8) is 0 Å². The summed E-state index contributed by atoms with van der Waals surface area (Å²) in [6, 6.07) is 5.15. The summed E-state index contributed by atoms with van der Waals surface area (Å²) < 4.78 is 26.8. The van der Waals surface area contributed by atoms with E-state index in [9.17, 15) is 8.78 Å². The van der Waals surface area contributed by atoms with Crippen LogP contribution in [0.25, 0.3) is 11.1 Å². The van der Waals surface area contributed by atoms with E-state index in [-0.39, 0.29) is 16.9 Å². The second-order valence-corrected chi connectivity index (χ2v) is 4.19. The maximum absolute atomic E-state index is 13.9. The minimum Gasteiger partial charge on any atom is -0.383 e. The van der Waals surface area contributed by atoms with Gasteiger partial charge in [0, 0.05) is 22.9 Å². The van der Waals surface area contributed by atoms with E-state index in [2.05, 4.69) is 4.98 Å². The maximum atomic E-state index is 13.9. The van der Waals surface area contributed by atoms with Gasteiger partial charge in [-0.2, -0.15) is 5.26 Å². The number of aryl methyl sites for hydroxylation is 1. The molecule has 0 saturated heterocycles. The Morgan fingerprint density at radius 1 is 1.26 bits per heavy atom. The first-order chi connectivity index (χ1) is 8.95. The van der Waals surface area contributed by atoms with Crippen LogP contribution in [0.1, 0.15) is 16.8 Å². The molecule has 0 bridgehead atoms. The molecule has 1 aromatic carbocycles. The number of hydrogen-bond donors (Lipinski definition) is 1. The van der Waals surface area contributed by atoms with Crippen molar-refractivity contribution in [2.45, 2.75) is 13.8 Å². The molecule has 96 valence electrons. The molecule has 0 unspecified atom stereocenters. The van der Waals surface area contributed by atoms with Crippen molar-refractivity contribution in [1.82, 2.24) is 4.98 Å². The molecule has 0 amide bonds. The van der Waals surface area contributed by atoms with E-state index in [4.69, 9.17) is 11.0 Å². The molecule has 0 fully saturated rings. The molecule has 5 heteroatoms. The number of nitriles is 1. The summed E-state index contributed by atoms with van der Waals surface area (Å²) in [5.74, 6) is -1.36. The van der Waals surface area contributed by atoms with Crippen LogP contribution in [0.2, 0.25) is 0 Å². The molecule has 0 saturated carbocycles. The lowest BCUT2D eigenvalue weighted by Gasteiger charge is -2.13. The van der Waals surface area contributed by atoms with Gasteiger partial charge in [0.25, 0.3) is 0 Å². The molecule has 0 aliphatic heterocycles. The van der Waals surface area contributed by atoms with Crippen LogP contribution >= 0.6 is 0 Å². The molecule has 0 spiro atoms. The highest BCUT2D eigenvalue weighted by molar-refractivity contribution is 5.79. The van der Waals surface area contributed by atoms with Gasteiger partial charge in [-0.05, 0) is 31.5 Å². The fourth-order valence-corrected chi connectivity index (χ4v) is 1.96. The molecule has 0 atom stereocenters. The Balaban J connectivity index is 2.85. The van der Waals surface area contributed by atoms with E-state index in [1.54, 1.807) is 13.8 Å². The van der Waals surface area contributed by atoms with Gasteiger partial charge >= 0.3 is 0 Å². The topological polar surface area (TPSA) is 62.7 Å². The van der Waals surface area contributed by atoms with Crippen LogP contribution in [-0.2, 0) is 0 Å².